The first-order valence-electron chi connectivity index (χ1n) is 7.79. The van der Waals surface area contributed by atoms with Crippen LogP contribution in [0.3, 0.4) is 0 Å². The molecule has 1 aliphatic rings. The minimum Gasteiger partial charge on any atom is -0.314 e. The molecular weight excluding hydrogens is 294 g/mol. The van der Waals surface area contributed by atoms with Gasteiger partial charge in [0.2, 0.25) is 0 Å². The van der Waals surface area contributed by atoms with E-state index in [1.54, 1.807) is 11.3 Å². The summed E-state index contributed by atoms with van der Waals surface area (Å²) in [5, 5.41) is 14.3. The largest absolute Gasteiger partial charge is 0.314 e. The Hall–Kier alpha value is -1.79. The predicted octanol–water partition coefficient (Wildman–Crippen LogP) is 3.07. The second-order valence-corrected chi connectivity index (χ2v) is 6.76. The topological polar surface area (TPSA) is 55.6 Å². The van der Waals surface area contributed by atoms with E-state index in [0.29, 0.717) is 0 Å². The lowest BCUT2D eigenvalue weighted by Gasteiger charge is -2.17. The van der Waals surface area contributed by atoms with E-state index < -0.39 is 0 Å². The third-order valence-electron chi connectivity index (χ3n) is 4.33. The van der Waals surface area contributed by atoms with Gasteiger partial charge in [-0.05, 0) is 42.8 Å². The summed E-state index contributed by atoms with van der Waals surface area (Å²) in [7, 11) is 0. The Labute approximate surface area is 133 Å². The highest BCUT2D eigenvalue weighted by Gasteiger charge is 2.16. The SMILES string of the molecule is C[C@@H](NCc1nnc2n1CCCC2)c1cnc2ccsc2c1. The quantitative estimate of drug-likeness (QED) is 0.804. The molecule has 6 heteroatoms. The van der Waals surface area contributed by atoms with Crippen molar-refractivity contribution in [1.82, 2.24) is 25.1 Å². The average Bonchev–Trinajstić information content (AvgIpc) is 3.18. The third-order valence-corrected chi connectivity index (χ3v) is 5.18. The number of thiophene rings is 1. The number of nitrogens with zero attached hydrogens (tertiary/aromatic N) is 4. The van der Waals surface area contributed by atoms with Crippen molar-refractivity contribution in [2.45, 2.75) is 45.3 Å². The van der Waals surface area contributed by atoms with E-state index in [4.69, 9.17) is 0 Å². The highest BCUT2D eigenvalue weighted by molar-refractivity contribution is 7.17. The molecule has 22 heavy (non-hydrogen) atoms. The van der Waals surface area contributed by atoms with Gasteiger partial charge in [-0.1, -0.05) is 0 Å². The minimum absolute atomic E-state index is 0.246. The average molecular weight is 313 g/mol. The van der Waals surface area contributed by atoms with E-state index >= 15 is 0 Å². The highest BCUT2D eigenvalue weighted by atomic mass is 32.1. The van der Waals surface area contributed by atoms with Crippen LogP contribution in [-0.4, -0.2) is 19.7 Å². The fourth-order valence-electron chi connectivity index (χ4n) is 2.96. The number of fused-ring (bicyclic) bond motifs is 2. The molecule has 0 unspecified atom stereocenters. The minimum atomic E-state index is 0.246. The van der Waals surface area contributed by atoms with Crippen molar-refractivity contribution in [1.29, 1.82) is 0 Å². The summed E-state index contributed by atoms with van der Waals surface area (Å²) in [4.78, 5) is 4.51. The van der Waals surface area contributed by atoms with Crippen molar-refractivity contribution in [3.05, 3.63) is 40.9 Å². The van der Waals surface area contributed by atoms with E-state index in [2.05, 4.69) is 49.5 Å². The molecule has 0 aromatic carbocycles. The normalized spacial score (nSPS) is 15.9. The van der Waals surface area contributed by atoms with Gasteiger partial charge in [0.05, 0.1) is 16.8 Å². The molecular formula is C16H19N5S. The maximum absolute atomic E-state index is 4.51. The Morgan fingerprint density at radius 2 is 2.32 bits per heavy atom. The van der Waals surface area contributed by atoms with Crippen molar-refractivity contribution < 1.29 is 0 Å². The summed E-state index contributed by atoms with van der Waals surface area (Å²) in [6, 6.07) is 4.53. The molecule has 4 rings (SSSR count). The maximum Gasteiger partial charge on any atom is 0.147 e. The van der Waals surface area contributed by atoms with Gasteiger partial charge in [-0.25, -0.2) is 0 Å². The van der Waals surface area contributed by atoms with Crippen LogP contribution in [-0.2, 0) is 19.5 Å². The van der Waals surface area contributed by atoms with Gasteiger partial charge in [-0.3, -0.25) is 4.98 Å². The maximum atomic E-state index is 4.51. The summed E-state index contributed by atoms with van der Waals surface area (Å²) in [6.45, 7) is 3.97. The number of pyridine rings is 1. The fourth-order valence-corrected chi connectivity index (χ4v) is 3.75. The zero-order valence-electron chi connectivity index (χ0n) is 12.6. The molecule has 1 N–H and O–H groups in total. The molecule has 5 nitrogen and oxygen atoms in total. The summed E-state index contributed by atoms with van der Waals surface area (Å²) in [6.07, 6.45) is 5.48. The lowest BCUT2D eigenvalue weighted by molar-refractivity contribution is 0.484. The standard InChI is InChI=1S/C16H19N5S/c1-11(12-8-14-13(18-9-12)5-7-22-14)17-10-16-20-19-15-4-2-3-6-21(15)16/h5,7-9,11,17H,2-4,6,10H2,1H3/t11-/m1/s1. The lowest BCUT2D eigenvalue weighted by atomic mass is 10.1. The molecule has 3 aromatic rings. The molecule has 0 bridgehead atoms. The molecule has 0 radical (unpaired) electrons. The lowest BCUT2D eigenvalue weighted by Crippen LogP contribution is -2.22. The van der Waals surface area contributed by atoms with E-state index in [1.165, 1.54) is 23.1 Å². The molecule has 0 amide bonds. The van der Waals surface area contributed by atoms with Crippen LogP contribution in [0.2, 0.25) is 0 Å². The number of hydrogen-bond acceptors (Lipinski definition) is 5. The first-order valence-corrected chi connectivity index (χ1v) is 8.67. The van der Waals surface area contributed by atoms with Crippen molar-refractivity contribution in [3.8, 4) is 0 Å². The van der Waals surface area contributed by atoms with Gasteiger partial charge in [0.1, 0.15) is 11.6 Å². The van der Waals surface area contributed by atoms with Gasteiger partial charge in [0.15, 0.2) is 0 Å². The number of nitrogens with one attached hydrogen (secondary N) is 1. The van der Waals surface area contributed by atoms with E-state index in [0.717, 1.165) is 36.7 Å². The van der Waals surface area contributed by atoms with Gasteiger partial charge in [-0.15, -0.1) is 21.5 Å². The molecule has 0 aliphatic carbocycles. The van der Waals surface area contributed by atoms with E-state index in [-0.39, 0.29) is 6.04 Å². The Morgan fingerprint density at radius 3 is 3.27 bits per heavy atom. The van der Waals surface area contributed by atoms with Crippen LogP contribution in [0.25, 0.3) is 10.2 Å². The highest BCUT2D eigenvalue weighted by Crippen LogP contribution is 2.23. The summed E-state index contributed by atoms with van der Waals surface area (Å²) < 4.78 is 3.51. The zero-order valence-corrected chi connectivity index (χ0v) is 13.4. The predicted molar refractivity (Wildman–Crippen MR) is 87.8 cm³/mol. The van der Waals surface area contributed by atoms with Crippen LogP contribution in [0.5, 0.6) is 0 Å². The summed E-state index contributed by atoms with van der Waals surface area (Å²) in [5.74, 6) is 2.18. The van der Waals surface area contributed by atoms with E-state index in [9.17, 15) is 0 Å². The van der Waals surface area contributed by atoms with Crippen molar-refractivity contribution in [2.24, 2.45) is 0 Å². The van der Waals surface area contributed by atoms with E-state index in [1.807, 2.05) is 6.20 Å². The Kier molecular flexibility index (Phi) is 3.63. The fraction of sp³-hybridized carbons (Fsp3) is 0.438. The van der Waals surface area contributed by atoms with Crippen LogP contribution < -0.4 is 5.32 Å². The monoisotopic (exact) mass is 313 g/mol. The summed E-state index contributed by atoms with van der Waals surface area (Å²) in [5.41, 5.74) is 2.29. The van der Waals surface area contributed by atoms with Gasteiger partial charge >= 0.3 is 0 Å². The summed E-state index contributed by atoms with van der Waals surface area (Å²) >= 11 is 1.74. The van der Waals surface area contributed by atoms with Gasteiger partial charge in [0.25, 0.3) is 0 Å². The first kappa shape index (κ1) is 13.8. The molecule has 4 heterocycles. The second-order valence-electron chi connectivity index (χ2n) is 5.82. The number of aryl methyl sites for hydroxylation is 1. The molecule has 1 aliphatic heterocycles. The molecule has 0 saturated heterocycles. The molecule has 0 saturated carbocycles. The Balaban J connectivity index is 1.47. The molecule has 114 valence electrons. The number of rotatable bonds is 4. The van der Waals surface area contributed by atoms with Gasteiger partial charge in [0, 0.05) is 25.2 Å². The van der Waals surface area contributed by atoms with Crippen molar-refractivity contribution in [3.63, 3.8) is 0 Å². The van der Waals surface area contributed by atoms with Crippen LogP contribution in [0.15, 0.2) is 23.7 Å². The van der Waals surface area contributed by atoms with Gasteiger partial charge < -0.3 is 9.88 Å². The first-order chi connectivity index (χ1) is 10.8. The molecule has 1 atom stereocenters. The Bertz CT molecular complexity index is 791. The molecule has 0 spiro atoms. The van der Waals surface area contributed by atoms with Crippen LogP contribution in [0.4, 0.5) is 0 Å². The van der Waals surface area contributed by atoms with Crippen LogP contribution in [0.1, 0.15) is 43.0 Å². The third kappa shape index (κ3) is 2.53. The Morgan fingerprint density at radius 1 is 1.36 bits per heavy atom. The van der Waals surface area contributed by atoms with Gasteiger partial charge in [-0.2, -0.15) is 0 Å². The zero-order chi connectivity index (χ0) is 14.9. The van der Waals surface area contributed by atoms with Crippen LogP contribution in [0, 0.1) is 0 Å². The smallest absolute Gasteiger partial charge is 0.147 e. The number of aromatic nitrogens is 4. The molecule has 3 aromatic heterocycles. The second kappa shape index (κ2) is 5.78. The van der Waals surface area contributed by atoms with Crippen molar-refractivity contribution in [2.75, 3.05) is 0 Å². The van der Waals surface area contributed by atoms with Crippen molar-refractivity contribution >= 4 is 21.6 Å². The number of hydrogen-bond donors (Lipinski definition) is 1. The molecule has 0 fully saturated rings. The van der Waals surface area contributed by atoms with Crippen LogP contribution >= 0.6 is 11.3 Å².